The molecule has 0 saturated carbocycles. The molecule has 1 aromatic heterocycles. The number of nitrogens with zero attached hydrogens (tertiary/aromatic N) is 3. The normalized spacial score (nSPS) is 17.0. The molecule has 2 heterocycles. The van der Waals surface area contributed by atoms with E-state index in [0.29, 0.717) is 34.3 Å². The van der Waals surface area contributed by atoms with E-state index in [1.54, 1.807) is 67.8 Å². The topological polar surface area (TPSA) is 118 Å². The summed E-state index contributed by atoms with van der Waals surface area (Å²) in [5.74, 6) is -0.624. The lowest BCUT2D eigenvalue weighted by atomic mass is 10.0. The van der Waals surface area contributed by atoms with Crippen molar-refractivity contribution in [2.45, 2.75) is 109 Å². The molecule has 4 atom stereocenters. The van der Waals surface area contributed by atoms with E-state index in [-0.39, 0.29) is 19.2 Å². The number of amides is 2. The van der Waals surface area contributed by atoms with E-state index in [1.165, 1.54) is 18.9 Å². The van der Waals surface area contributed by atoms with Crippen LogP contribution in [0.1, 0.15) is 85.7 Å². The molecule has 2 amide bonds. The Kier molecular flexibility index (Phi) is 12.0. The van der Waals surface area contributed by atoms with Crippen LogP contribution in [-0.2, 0) is 32.3 Å². The number of hydrogen-bond acceptors (Lipinski definition) is 8. The molecule has 15 heteroatoms. The molecule has 0 bridgehead atoms. The summed E-state index contributed by atoms with van der Waals surface area (Å²) in [6.07, 6.45) is -5.83. The second-order valence-electron chi connectivity index (χ2n) is 15.3. The first-order chi connectivity index (χ1) is 23.1. The Morgan fingerprint density at radius 3 is 2.12 bits per heavy atom. The van der Waals surface area contributed by atoms with Gasteiger partial charge in [-0.3, -0.25) is 14.5 Å². The predicted octanol–water partition coefficient (Wildman–Crippen LogP) is 7.17. The maximum absolute atomic E-state index is 14.0. The van der Waals surface area contributed by atoms with Gasteiger partial charge >= 0.3 is 6.18 Å². The molecule has 3 aromatic rings. The van der Waals surface area contributed by atoms with Crippen molar-refractivity contribution in [2.24, 2.45) is 0 Å². The number of hydrogen-bond donors (Lipinski definition) is 1. The minimum Gasteiger partial charge on any atom is -0.598 e. The Morgan fingerprint density at radius 2 is 1.60 bits per heavy atom. The summed E-state index contributed by atoms with van der Waals surface area (Å²) in [6, 6.07) is 10.9. The third-order valence-corrected chi connectivity index (χ3v) is 11.9. The molecule has 1 aliphatic rings. The Morgan fingerprint density at radius 1 is 1.00 bits per heavy atom. The summed E-state index contributed by atoms with van der Waals surface area (Å²) in [7, 11) is 0.0257. The van der Waals surface area contributed by atoms with Gasteiger partial charge in [-0.15, -0.1) is 4.72 Å². The van der Waals surface area contributed by atoms with E-state index in [1.807, 2.05) is 0 Å². The second kappa shape index (κ2) is 15.1. The van der Waals surface area contributed by atoms with E-state index in [0.717, 1.165) is 19.9 Å². The molecule has 0 aliphatic carbocycles. The highest BCUT2D eigenvalue weighted by Crippen LogP contribution is 2.38. The van der Waals surface area contributed by atoms with Gasteiger partial charge in [0.05, 0.1) is 40.9 Å². The minimum absolute atomic E-state index is 0.0104. The van der Waals surface area contributed by atoms with Crippen LogP contribution < -0.4 is 4.72 Å². The van der Waals surface area contributed by atoms with Crippen LogP contribution in [0, 0.1) is 0 Å². The van der Waals surface area contributed by atoms with Crippen LogP contribution in [0.2, 0.25) is 25.7 Å². The van der Waals surface area contributed by atoms with Crippen molar-refractivity contribution in [3.05, 3.63) is 65.0 Å². The lowest BCUT2D eigenvalue weighted by Crippen LogP contribution is -2.50. The Bertz CT molecular complexity index is 1650. The molecule has 0 radical (unpaired) electrons. The zero-order valence-corrected chi connectivity index (χ0v) is 32.3. The first kappa shape index (κ1) is 40.0. The minimum atomic E-state index is -4.68. The van der Waals surface area contributed by atoms with E-state index < -0.39 is 66.0 Å². The number of halogens is 3. The molecule has 1 aliphatic heterocycles. The number of carbonyl (C=O) groups is 2. The number of methoxy groups -OCH3 is 1. The maximum Gasteiger partial charge on any atom is 0.416 e. The van der Waals surface area contributed by atoms with Crippen LogP contribution in [0.4, 0.5) is 13.2 Å². The molecular formula is C35H49F3N4O6SSi. The first-order valence-electron chi connectivity index (χ1n) is 16.5. The highest BCUT2D eigenvalue weighted by molar-refractivity contribution is 7.90. The number of ether oxygens (including phenoxy) is 3. The van der Waals surface area contributed by atoms with Crippen LogP contribution in [0.3, 0.4) is 0 Å². The summed E-state index contributed by atoms with van der Waals surface area (Å²) in [4.78, 5) is 33.0. The van der Waals surface area contributed by atoms with Gasteiger partial charge in [0.15, 0.2) is 5.60 Å². The van der Waals surface area contributed by atoms with E-state index in [2.05, 4.69) is 24.4 Å². The Labute approximate surface area is 296 Å². The Balaban J connectivity index is 1.84. The fourth-order valence-electron chi connectivity index (χ4n) is 5.50. The average molecular weight is 739 g/mol. The number of imidazole rings is 1. The van der Waals surface area contributed by atoms with Gasteiger partial charge < -0.3 is 23.3 Å². The van der Waals surface area contributed by atoms with Crippen molar-refractivity contribution in [3.63, 3.8) is 0 Å². The highest BCUT2D eigenvalue weighted by Gasteiger charge is 2.51. The van der Waals surface area contributed by atoms with Gasteiger partial charge in [-0.25, -0.2) is 4.98 Å². The number of imide groups is 1. The van der Waals surface area contributed by atoms with Gasteiger partial charge in [0, 0.05) is 33.2 Å². The fourth-order valence-corrected chi connectivity index (χ4v) is 7.14. The molecule has 10 nitrogen and oxygen atoms in total. The van der Waals surface area contributed by atoms with Gasteiger partial charge in [0.25, 0.3) is 11.8 Å². The van der Waals surface area contributed by atoms with Crippen molar-refractivity contribution in [1.29, 1.82) is 0 Å². The van der Waals surface area contributed by atoms with Crippen molar-refractivity contribution in [3.8, 4) is 0 Å². The van der Waals surface area contributed by atoms with Gasteiger partial charge in [-0.1, -0.05) is 37.8 Å². The van der Waals surface area contributed by atoms with E-state index in [4.69, 9.17) is 19.2 Å². The quantitative estimate of drug-likeness (QED) is 0.0755. The molecule has 1 N–H and O–H groups in total. The zero-order chi connectivity index (χ0) is 37.4. The van der Waals surface area contributed by atoms with Crippen LogP contribution in [-0.4, -0.2) is 81.8 Å². The number of nitrogens with one attached hydrogen (secondary N) is 1. The molecule has 2 aromatic carbocycles. The van der Waals surface area contributed by atoms with Crippen LogP contribution in [0.25, 0.3) is 11.0 Å². The molecule has 50 heavy (non-hydrogen) atoms. The molecule has 0 unspecified atom stereocenters. The van der Waals surface area contributed by atoms with Crippen molar-refractivity contribution < 1.29 is 41.5 Å². The van der Waals surface area contributed by atoms with Gasteiger partial charge in [0.2, 0.25) is 0 Å². The highest BCUT2D eigenvalue weighted by atomic mass is 32.2. The SMILES string of the molecule is COC[C@H](c1ccc2c(c1)nc([C@@H](N[S@+]([O-])C(C)(C)C)[C@@H](C)OC(C)(C)C(F)(F)F)n2COCC[Si](C)(C)C)N1C(=O)c2ccccc2C1=O. The molecule has 0 fully saturated rings. The second-order valence-corrected chi connectivity index (χ2v) is 22.9. The largest absolute Gasteiger partial charge is 0.598 e. The molecular weight excluding hydrogens is 690 g/mol. The van der Waals surface area contributed by atoms with Crippen LogP contribution in [0.5, 0.6) is 0 Å². The van der Waals surface area contributed by atoms with E-state index in [9.17, 15) is 27.3 Å². The lowest BCUT2D eigenvalue weighted by molar-refractivity contribution is -0.277. The molecule has 0 spiro atoms. The molecule has 276 valence electrons. The number of carbonyl (C=O) groups excluding carboxylic acids is 2. The summed E-state index contributed by atoms with van der Waals surface area (Å²) < 4.78 is 76.8. The van der Waals surface area contributed by atoms with Crippen molar-refractivity contribution in [2.75, 3.05) is 20.3 Å². The summed E-state index contributed by atoms with van der Waals surface area (Å²) in [6.45, 7) is 15.8. The number of benzene rings is 2. The van der Waals surface area contributed by atoms with E-state index >= 15 is 0 Å². The Hall–Kier alpha value is -2.79. The number of rotatable bonds is 15. The number of alkyl halides is 3. The lowest BCUT2D eigenvalue weighted by Gasteiger charge is -2.36. The van der Waals surface area contributed by atoms with Gasteiger partial charge in [-0.05, 0) is 77.4 Å². The van der Waals surface area contributed by atoms with Crippen molar-refractivity contribution in [1.82, 2.24) is 19.2 Å². The number of fused-ring (bicyclic) bond motifs is 2. The molecule has 0 saturated heterocycles. The zero-order valence-electron chi connectivity index (χ0n) is 30.4. The molecule has 4 rings (SSSR count). The maximum atomic E-state index is 14.0. The smallest absolute Gasteiger partial charge is 0.416 e. The van der Waals surface area contributed by atoms with Gasteiger partial charge in [-0.2, -0.15) is 13.2 Å². The monoisotopic (exact) mass is 738 g/mol. The van der Waals surface area contributed by atoms with Crippen LogP contribution >= 0.6 is 0 Å². The fraction of sp³-hybridized carbons (Fsp3) is 0.571. The standard InChI is InChI=1S/C35H49F3N4O6SSi/c1-22(48-34(5,6)35(36,37)38)29(40-49(45)33(2,3)4)30-39-26-19-23(15-16-27(26)41(30)21-47-17-18-50(8,9)10)28(20-46-7)42-31(43)24-13-11-12-14-25(24)32(42)44/h11-16,19,22,28-29,40H,17-18,20-21H2,1-10H3/t22-,28-,29+,49-/m1/s1. The van der Waals surface area contributed by atoms with Gasteiger partial charge in [0.1, 0.15) is 23.3 Å². The third-order valence-electron chi connectivity index (χ3n) is 8.57. The summed E-state index contributed by atoms with van der Waals surface area (Å²) in [5, 5.41) is 0. The predicted molar refractivity (Wildman–Crippen MR) is 190 cm³/mol. The summed E-state index contributed by atoms with van der Waals surface area (Å²) in [5.41, 5.74) is -0.329. The van der Waals surface area contributed by atoms with Crippen molar-refractivity contribution >= 4 is 42.3 Å². The third kappa shape index (κ3) is 8.80. The van der Waals surface area contributed by atoms with Crippen LogP contribution in [0.15, 0.2) is 42.5 Å². The number of aromatic nitrogens is 2. The first-order valence-corrected chi connectivity index (χ1v) is 21.4. The summed E-state index contributed by atoms with van der Waals surface area (Å²) >= 11 is -1.73. The average Bonchev–Trinajstić information content (AvgIpc) is 3.48.